The Bertz CT molecular complexity index is 203. The van der Waals surface area contributed by atoms with Crippen LogP contribution in [-0.4, -0.2) is 0 Å². The number of fused-ring (bicyclic) bond motifs is 2. The standard InChI is InChI=1S/C9H10/c1-2-8-5-7-3-4-9(8)6-7/h1,7H,3-6H2. The number of allylic oxidation sites excluding steroid dienone is 2. The number of rotatable bonds is 0. The molecule has 0 saturated heterocycles. The third-order valence-electron chi connectivity index (χ3n) is 2.48. The summed E-state index contributed by atoms with van der Waals surface area (Å²) in [7, 11) is 0. The monoisotopic (exact) mass is 118 g/mol. The number of hydrogen-bond acceptors (Lipinski definition) is 0. The number of hydrogen-bond donors (Lipinski definition) is 0. The zero-order valence-electron chi connectivity index (χ0n) is 5.48. The second-order valence-corrected chi connectivity index (χ2v) is 3.04. The lowest BCUT2D eigenvalue weighted by atomic mass is 10.00. The summed E-state index contributed by atoms with van der Waals surface area (Å²) >= 11 is 0. The van der Waals surface area contributed by atoms with Gasteiger partial charge in [-0.05, 0) is 31.6 Å². The fourth-order valence-corrected chi connectivity index (χ4v) is 1.97. The zero-order chi connectivity index (χ0) is 6.27. The van der Waals surface area contributed by atoms with E-state index in [4.69, 9.17) is 6.42 Å². The average molecular weight is 118 g/mol. The molecule has 0 radical (unpaired) electrons. The van der Waals surface area contributed by atoms with Crippen molar-refractivity contribution in [1.82, 2.24) is 0 Å². The molecule has 1 atom stereocenters. The largest absolute Gasteiger partial charge is 0.115 e. The fourth-order valence-electron chi connectivity index (χ4n) is 1.97. The molecular formula is C9H10. The van der Waals surface area contributed by atoms with E-state index in [9.17, 15) is 0 Å². The van der Waals surface area contributed by atoms with Crippen molar-refractivity contribution in [3.8, 4) is 12.3 Å². The van der Waals surface area contributed by atoms with Crippen molar-refractivity contribution >= 4 is 0 Å². The van der Waals surface area contributed by atoms with Crippen molar-refractivity contribution in [2.45, 2.75) is 25.7 Å². The summed E-state index contributed by atoms with van der Waals surface area (Å²) in [5.41, 5.74) is 2.91. The number of terminal acetylenes is 1. The highest BCUT2D eigenvalue weighted by Gasteiger charge is 2.28. The summed E-state index contributed by atoms with van der Waals surface area (Å²) in [5, 5.41) is 0. The predicted octanol–water partition coefficient (Wildman–Crippen LogP) is 2.12. The van der Waals surface area contributed by atoms with Crippen LogP contribution in [0.2, 0.25) is 0 Å². The molecule has 0 nitrogen and oxygen atoms in total. The van der Waals surface area contributed by atoms with Crippen molar-refractivity contribution in [2.24, 2.45) is 5.92 Å². The molecule has 0 heterocycles. The Hall–Kier alpha value is -0.700. The molecule has 0 aromatic carbocycles. The average Bonchev–Trinajstić information content (AvgIpc) is 2.45. The van der Waals surface area contributed by atoms with E-state index in [-0.39, 0.29) is 0 Å². The molecule has 0 aromatic heterocycles. The van der Waals surface area contributed by atoms with Crippen LogP contribution < -0.4 is 0 Å². The van der Waals surface area contributed by atoms with Gasteiger partial charge in [-0.25, -0.2) is 0 Å². The maximum atomic E-state index is 5.31. The minimum absolute atomic E-state index is 0.936. The molecule has 1 unspecified atom stereocenters. The Morgan fingerprint density at radius 1 is 1.44 bits per heavy atom. The van der Waals surface area contributed by atoms with Gasteiger partial charge in [-0.3, -0.25) is 0 Å². The lowest BCUT2D eigenvalue weighted by Gasteiger charge is -2.04. The normalized spacial score (nSPS) is 31.2. The Balaban J connectivity index is 2.35. The van der Waals surface area contributed by atoms with Gasteiger partial charge in [0.2, 0.25) is 0 Å². The van der Waals surface area contributed by atoms with Crippen molar-refractivity contribution in [1.29, 1.82) is 0 Å². The smallest absolute Gasteiger partial charge is 0.00126 e. The summed E-state index contributed by atoms with van der Waals surface area (Å²) in [6.07, 6.45) is 10.5. The van der Waals surface area contributed by atoms with Crippen LogP contribution in [0.3, 0.4) is 0 Å². The summed E-state index contributed by atoms with van der Waals surface area (Å²) in [6, 6.07) is 0. The minimum Gasteiger partial charge on any atom is -0.115 e. The van der Waals surface area contributed by atoms with E-state index in [1.807, 2.05) is 0 Å². The summed E-state index contributed by atoms with van der Waals surface area (Å²) in [5.74, 6) is 3.71. The van der Waals surface area contributed by atoms with Crippen LogP contribution in [0, 0.1) is 18.3 Å². The molecular weight excluding hydrogens is 108 g/mol. The van der Waals surface area contributed by atoms with E-state index in [2.05, 4.69) is 5.92 Å². The van der Waals surface area contributed by atoms with E-state index >= 15 is 0 Å². The topological polar surface area (TPSA) is 0 Å². The highest BCUT2D eigenvalue weighted by atomic mass is 14.3. The molecule has 0 aromatic rings. The third kappa shape index (κ3) is 0.612. The molecule has 0 amide bonds. The van der Waals surface area contributed by atoms with E-state index < -0.39 is 0 Å². The molecule has 2 aliphatic rings. The lowest BCUT2D eigenvalue weighted by Crippen LogP contribution is -1.91. The van der Waals surface area contributed by atoms with Gasteiger partial charge in [0.15, 0.2) is 0 Å². The van der Waals surface area contributed by atoms with Crippen LogP contribution in [-0.2, 0) is 0 Å². The van der Waals surface area contributed by atoms with Crippen LogP contribution in [0.4, 0.5) is 0 Å². The first-order chi connectivity index (χ1) is 4.40. The Labute approximate surface area is 56.0 Å². The SMILES string of the molecule is C#CC1=C2CCC(C1)C2. The van der Waals surface area contributed by atoms with Gasteiger partial charge in [0, 0.05) is 5.57 Å². The van der Waals surface area contributed by atoms with Gasteiger partial charge in [0.1, 0.15) is 0 Å². The molecule has 0 aliphatic heterocycles. The van der Waals surface area contributed by atoms with Crippen LogP contribution in [0.1, 0.15) is 25.7 Å². The zero-order valence-corrected chi connectivity index (χ0v) is 5.48. The molecule has 1 saturated carbocycles. The van der Waals surface area contributed by atoms with Gasteiger partial charge in [0.25, 0.3) is 0 Å². The molecule has 9 heavy (non-hydrogen) atoms. The minimum atomic E-state index is 0.936. The molecule has 46 valence electrons. The maximum absolute atomic E-state index is 5.31. The maximum Gasteiger partial charge on any atom is 0.00126 e. The van der Waals surface area contributed by atoms with Crippen LogP contribution in [0.25, 0.3) is 0 Å². The van der Waals surface area contributed by atoms with Crippen molar-refractivity contribution in [2.75, 3.05) is 0 Å². The second kappa shape index (κ2) is 1.64. The van der Waals surface area contributed by atoms with Gasteiger partial charge < -0.3 is 0 Å². The van der Waals surface area contributed by atoms with Gasteiger partial charge in [-0.15, -0.1) is 6.42 Å². The Morgan fingerprint density at radius 3 is 2.67 bits per heavy atom. The second-order valence-electron chi connectivity index (χ2n) is 3.04. The molecule has 2 rings (SSSR count). The summed E-state index contributed by atoms with van der Waals surface area (Å²) < 4.78 is 0. The molecule has 2 bridgehead atoms. The molecule has 2 aliphatic carbocycles. The first kappa shape index (κ1) is 5.11. The highest BCUT2D eigenvalue weighted by molar-refractivity contribution is 5.38. The summed E-state index contributed by atoms with van der Waals surface area (Å²) in [6.45, 7) is 0. The van der Waals surface area contributed by atoms with Crippen LogP contribution in [0.5, 0.6) is 0 Å². The first-order valence-corrected chi connectivity index (χ1v) is 3.57. The van der Waals surface area contributed by atoms with Crippen molar-refractivity contribution < 1.29 is 0 Å². The van der Waals surface area contributed by atoms with E-state index in [0.717, 1.165) is 5.92 Å². The van der Waals surface area contributed by atoms with Crippen molar-refractivity contribution in [3.05, 3.63) is 11.1 Å². The van der Waals surface area contributed by atoms with E-state index in [0.29, 0.717) is 0 Å². The summed E-state index contributed by atoms with van der Waals surface area (Å²) in [4.78, 5) is 0. The van der Waals surface area contributed by atoms with Gasteiger partial charge in [-0.1, -0.05) is 11.5 Å². The van der Waals surface area contributed by atoms with Crippen LogP contribution in [0.15, 0.2) is 11.1 Å². The lowest BCUT2D eigenvalue weighted by molar-refractivity contribution is 0.569. The molecule has 0 spiro atoms. The third-order valence-corrected chi connectivity index (χ3v) is 2.48. The first-order valence-electron chi connectivity index (χ1n) is 3.57. The Morgan fingerprint density at radius 2 is 2.33 bits per heavy atom. The van der Waals surface area contributed by atoms with Gasteiger partial charge in [0.05, 0.1) is 0 Å². The van der Waals surface area contributed by atoms with Crippen LogP contribution >= 0.6 is 0 Å². The fraction of sp³-hybridized carbons (Fsp3) is 0.556. The van der Waals surface area contributed by atoms with Gasteiger partial charge in [-0.2, -0.15) is 0 Å². The Kier molecular flexibility index (Phi) is 0.931. The highest BCUT2D eigenvalue weighted by Crippen LogP contribution is 2.43. The predicted molar refractivity (Wildman–Crippen MR) is 37.8 cm³/mol. The quantitative estimate of drug-likeness (QED) is 0.427. The molecule has 0 heteroatoms. The van der Waals surface area contributed by atoms with Crippen molar-refractivity contribution in [3.63, 3.8) is 0 Å². The van der Waals surface area contributed by atoms with E-state index in [1.165, 1.54) is 31.3 Å². The van der Waals surface area contributed by atoms with Gasteiger partial charge >= 0.3 is 0 Å². The van der Waals surface area contributed by atoms with E-state index in [1.54, 1.807) is 5.57 Å². The molecule has 0 N–H and O–H groups in total. The molecule has 1 fully saturated rings.